The molecular weight excluding hydrogens is 200 g/mol. The number of carbonyl (C=O) groups excluding carboxylic acids is 1. The average molecular weight is 222 g/mol. The molecule has 0 radical (unpaired) electrons. The van der Waals surface area contributed by atoms with Gasteiger partial charge in [-0.1, -0.05) is 11.6 Å². The lowest BCUT2D eigenvalue weighted by Gasteiger charge is -2.15. The first kappa shape index (κ1) is 11.6. The maximum absolute atomic E-state index is 11.4. The number of hydrogen-bond acceptors (Lipinski definition) is 2. The smallest absolute Gasteiger partial charge is 0.221 e. The van der Waals surface area contributed by atoms with Gasteiger partial charge in [0.05, 0.1) is 0 Å². The number of allylic oxidation sites excluding steroid dienone is 1. The van der Waals surface area contributed by atoms with E-state index in [1.165, 1.54) is 19.3 Å². The van der Waals surface area contributed by atoms with Gasteiger partial charge < -0.3 is 10.6 Å². The molecule has 2 aliphatic rings. The molecule has 1 amide bonds. The first-order chi connectivity index (χ1) is 7.84. The van der Waals surface area contributed by atoms with Crippen LogP contribution in [0, 0.1) is 0 Å². The van der Waals surface area contributed by atoms with E-state index >= 15 is 0 Å². The lowest BCUT2D eigenvalue weighted by atomic mass is 10.1. The minimum absolute atomic E-state index is 0.204. The summed E-state index contributed by atoms with van der Waals surface area (Å²) in [6, 6.07) is 0.393. The minimum atomic E-state index is 0.204. The molecule has 3 heteroatoms. The molecule has 1 unspecified atom stereocenters. The van der Waals surface area contributed by atoms with Crippen molar-refractivity contribution < 1.29 is 4.79 Å². The molecule has 0 aromatic carbocycles. The SMILES string of the molecule is O=C1CC(NCCC2=CCCC2)CCCN1. The van der Waals surface area contributed by atoms with E-state index in [4.69, 9.17) is 0 Å². The van der Waals surface area contributed by atoms with Gasteiger partial charge in [0.15, 0.2) is 0 Å². The van der Waals surface area contributed by atoms with E-state index in [1.54, 1.807) is 5.57 Å². The summed E-state index contributed by atoms with van der Waals surface area (Å²) in [5.41, 5.74) is 1.60. The standard InChI is InChI=1S/C13H22N2O/c16-13-10-12(6-3-8-15-13)14-9-7-11-4-1-2-5-11/h4,12,14H,1-3,5-10H2,(H,15,16). The molecule has 1 atom stereocenters. The van der Waals surface area contributed by atoms with Gasteiger partial charge in [-0.15, -0.1) is 0 Å². The normalized spacial score (nSPS) is 26.1. The van der Waals surface area contributed by atoms with Crippen LogP contribution in [0.3, 0.4) is 0 Å². The maximum Gasteiger partial charge on any atom is 0.221 e. The van der Waals surface area contributed by atoms with Gasteiger partial charge in [-0.2, -0.15) is 0 Å². The summed E-state index contributed by atoms with van der Waals surface area (Å²) in [4.78, 5) is 11.4. The largest absolute Gasteiger partial charge is 0.356 e. The van der Waals surface area contributed by atoms with Crippen molar-refractivity contribution in [3.63, 3.8) is 0 Å². The molecule has 0 aromatic heterocycles. The van der Waals surface area contributed by atoms with Crippen LogP contribution in [0.1, 0.15) is 44.9 Å². The van der Waals surface area contributed by atoms with Gasteiger partial charge in [0, 0.05) is 19.0 Å². The third-order valence-corrected chi connectivity index (χ3v) is 3.50. The van der Waals surface area contributed by atoms with Crippen molar-refractivity contribution in [2.45, 2.75) is 51.0 Å². The van der Waals surface area contributed by atoms with E-state index in [1.807, 2.05) is 0 Å². The van der Waals surface area contributed by atoms with Crippen LogP contribution in [0.25, 0.3) is 0 Å². The van der Waals surface area contributed by atoms with Crippen molar-refractivity contribution in [3.05, 3.63) is 11.6 Å². The fraction of sp³-hybridized carbons (Fsp3) is 0.769. The van der Waals surface area contributed by atoms with Crippen molar-refractivity contribution in [3.8, 4) is 0 Å². The lowest BCUT2D eigenvalue weighted by Crippen LogP contribution is -2.33. The Bertz CT molecular complexity index is 273. The quantitative estimate of drug-likeness (QED) is 0.711. The van der Waals surface area contributed by atoms with Gasteiger partial charge in [-0.3, -0.25) is 4.79 Å². The predicted molar refractivity (Wildman–Crippen MR) is 65.2 cm³/mol. The fourth-order valence-electron chi connectivity index (χ4n) is 2.55. The van der Waals surface area contributed by atoms with Crippen LogP contribution < -0.4 is 10.6 Å². The van der Waals surface area contributed by atoms with Gasteiger partial charge in [-0.25, -0.2) is 0 Å². The molecule has 2 N–H and O–H groups in total. The molecule has 1 aliphatic carbocycles. The lowest BCUT2D eigenvalue weighted by molar-refractivity contribution is -0.121. The van der Waals surface area contributed by atoms with E-state index < -0.39 is 0 Å². The second kappa shape index (κ2) is 6.04. The van der Waals surface area contributed by atoms with Crippen LogP contribution in [-0.2, 0) is 4.79 Å². The highest BCUT2D eigenvalue weighted by atomic mass is 16.1. The number of amides is 1. The summed E-state index contributed by atoms with van der Waals surface area (Å²) < 4.78 is 0. The van der Waals surface area contributed by atoms with Gasteiger partial charge in [0.25, 0.3) is 0 Å². The van der Waals surface area contributed by atoms with Crippen molar-refractivity contribution in [2.75, 3.05) is 13.1 Å². The Morgan fingerprint density at radius 1 is 1.44 bits per heavy atom. The van der Waals surface area contributed by atoms with E-state index in [0.717, 1.165) is 32.4 Å². The second-order valence-corrected chi connectivity index (χ2v) is 4.85. The van der Waals surface area contributed by atoms with Crippen LogP contribution in [0.5, 0.6) is 0 Å². The molecule has 1 aliphatic heterocycles. The molecule has 2 rings (SSSR count). The molecule has 1 saturated heterocycles. The Morgan fingerprint density at radius 3 is 3.19 bits per heavy atom. The Labute approximate surface area is 97.7 Å². The predicted octanol–water partition coefficient (Wildman–Crippen LogP) is 1.75. The average Bonchev–Trinajstić information content (AvgIpc) is 2.69. The van der Waals surface area contributed by atoms with E-state index in [0.29, 0.717) is 12.5 Å². The summed E-state index contributed by atoms with van der Waals surface area (Å²) in [5.74, 6) is 0.204. The molecule has 90 valence electrons. The van der Waals surface area contributed by atoms with Crippen molar-refractivity contribution in [1.29, 1.82) is 0 Å². The third kappa shape index (κ3) is 3.63. The number of nitrogens with one attached hydrogen (secondary N) is 2. The Morgan fingerprint density at radius 2 is 2.38 bits per heavy atom. The Hall–Kier alpha value is -0.830. The summed E-state index contributed by atoms with van der Waals surface area (Å²) in [6.45, 7) is 1.88. The molecular formula is C13H22N2O. The summed E-state index contributed by atoms with van der Waals surface area (Å²) in [7, 11) is 0. The number of carbonyl (C=O) groups is 1. The fourth-order valence-corrected chi connectivity index (χ4v) is 2.55. The van der Waals surface area contributed by atoms with E-state index in [2.05, 4.69) is 16.7 Å². The third-order valence-electron chi connectivity index (χ3n) is 3.50. The Balaban J connectivity index is 1.66. The van der Waals surface area contributed by atoms with E-state index in [9.17, 15) is 4.79 Å². The first-order valence-corrected chi connectivity index (χ1v) is 6.52. The molecule has 1 heterocycles. The van der Waals surface area contributed by atoms with Gasteiger partial charge in [0.1, 0.15) is 0 Å². The second-order valence-electron chi connectivity index (χ2n) is 4.85. The molecule has 0 spiro atoms. The van der Waals surface area contributed by atoms with E-state index in [-0.39, 0.29) is 5.91 Å². The van der Waals surface area contributed by atoms with Crippen molar-refractivity contribution >= 4 is 5.91 Å². The summed E-state index contributed by atoms with van der Waals surface area (Å²) >= 11 is 0. The minimum Gasteiger partial charge on any atom is -0.356 e. The highest BCUT2D eigenvalue weighted by Crippen LogP contribution is 2.20. The molecule has 0 aromatic rings. The van der Waals surface area contributed by atoms with Crippen molar-refractivity contribution in [2.24, 2.45) is 0 Å². The van der Waals surface area contributed by atoms with Crippen LogP contribution in [-0.4, -0.2) is 25.0 Å². The highest BCUT2D eigenvalue weighted by Gasteiger charge is 2.16. The molecule has 16 heavy (non-hydrogen) atoms. The highest BCUT2D eigenvalue weighted by molar-refractivity contribution is 5.76. The summed E-state index contributed by atoms with van der Waals surface area (Å²) in [6.07, 6.45) is 10.3. The number of hydrogen-bond donors (Lipinski definition) is 2. The zero-order valence-electron chi connectivity index (χ0n) is 9.93. The van der Waals surface area contributed by atoms with Crippen molar-refractivity contribution in [1.82, 2.24) is 10.6 Å². The van der Waals surface area contributed by atoms with Gasteiger partial charge >= 0.3 is 0 Å². The van der Waals surface area contributed by atoms with Gasteiger partial charge in [-0.05, 0) is 45.1 Å². The maximum atomic E-state index is 11.4. The first-order valence-electron chi connectivity index (χ1n) is 6.52. The molecule has 0 saturated carbocycles. The van der Waals surface area contributed by atoms with Gasteiger partial charge in [0.2, 0.25) is 5.91 Å². The zero-order valence-corrected chi connectivity index (χ0v) is 9.93. The molecule has 3 nitrogen and oxygen atoms in total. The Kier molecular flexibility index (Phi) is 4.40. The topological polar surface area (TPSA) is 41.1 Å². The molecule has 0 bridgehead atoms. The number of rotatable bonds is 4. The zero-order chi connectivity index (χ0) is 11.2. The monoisotopic (exact) mass is 222 g/mol. The van der Waals surface area contributed by atoms with Crippen LogP contribution in [0.4, 0.5) is 0 Å². The summed E-state index contributed by atoms with van der Waals surface area (Å²) in [5, 5.41) is 6.43. The van der Waals surface area contributed by atoms with Crippen LogP contribution in [0.15, 0.2) is 11.6 Å². The van der Waals surface area contributed by atoms with Crippen LogP contribution >= 0.6 is 0 Å². The molecule has 1 fully saturated rings. The van der Waals surface area contributed by atoms with Crippen LogP contribution in [0.2, 0.25) is 0 Å².